The first-order chi connectivity index (χ1) is 16.9. The number of likely N-dealkylation sites (tertiary alicyclic amines) is 1. The van der Waals surface area contributed by atoms with Crippen molar-refractivity contribution < 1.29 is 35.9 Å². The summed E-state index contributed by atoms with van der Waals surface area (Å²) in [5, 5.41) is 5.75. The van der Waals surface area contributed by atoms with E-state index in [2.05, 4.69) is 15.5 Å². The molecule has 36 heavy (non-hydrogen) atoms. The van der Waals surface area contributed by atoms with Gasteiger partial charge >= 0.3 is 12.4 Å². The number of piperidine rings is 1. The molecule has 5 nitrogen and oxygen atoms in total. The van der Waals surface area contributed by atoms with Crippen LogP contribution >= 0.6 is 0 Å². The fourth-order valence-corrected chi connectivity index (χ4v) is 6.27. The molecule has 1 saturated heterocycles. The number of amides is 2. The largest absolute Gasteiger partial charge is 0.391 e. The SMILES string of the molecule is CCC(=O)NC1CCN(C(C(=O)NCC2CC(C(F)(F)F)CC(C(F)(F)F)C2)C2CCCCC2)CC1. The zero-order valence-corrected chi connectivity index (χ0v) is 20.9. The highest BCUT2D eigenvalue weighted by Gasteiger charge is 2.51. The molecule has 0 aromatic rings. The van der Waals surface area contributed by atoms with Crippen LogP contribution in [0.5, 0.6) is 0 Å². The number of nitrogens with zero attached hydrogens (tertiary/aromatic N) is 1. The lowest BCUT2D eigenvalue weighted by atomic mass is 9.74. The maximum atomic E-state index is 13.4. The molecule has 0 aromatic heterocycles. The fourth-order valence-electron chi connectivity index (χ4n) is 6.27. The lowest BCUT2D eigenvalue weighted by Crippen LogP contribution is -2.56. The maximum absolute atomic E-state index is 13.4. The van der Waals surface area contributed by atoms with E-state index in [-0.39, 0.29) is 30.3 Å². The minimum atomic E-state index is -4.69. The number of hydrogen-bond donors (Lipinski definition) is 2. The van der Waals surface area contributed by atoms with Crippen molar-refractivity contribution >= 4 is 11.8 Å². The second-order valence-electron chi connectivity index (χ2n) is 10.9. The van der Waals surface area contributed by atoms with E-state index in [4.69, 9.17) is 0 Å². The van der Waals surface area contributed by atoms with Gasteiger partial charge in [-0.1, -0.05) is 26.2 Å². The van der Waals surface area contributed by atoms with Crippen molar-refractivity contribution in [2.45, 2.75) is 102 Å². The third kappa shape index (κ3) is 7.99. The Kier molecular flexibility index (Phi) is 9.96. The summed E-state index contributed by atoms with van der Waals surface area (Å²) in [5.74, 6) is -5.09. The molecule has 3 rings (SSSR count). The van der Waals surface area contributed by atoms with Gasteiger partial charge in [-0.25, -0.2) is 0 Å². The third-order valence-corrected chi connectivity index (χ3v) is 8.27. The first-order valence-electron chi connectivity index (χ1n) is 13.3. The Morgan fingerprint density at radius 1 is 0.861 bits per heavy atom. The minimum absolute atomic E-state index is 0.0168. The number of hydrogen-bond acceptors (Lipinski definition) is 3. The van der Waals surface area contributed by atoms with E-state index < -0.39 is 55.4 Å². The highest BCUT2D eigenvalue weighted by Crippen LogP contribution is 2.47. The van der Waals surface area contributed by atoms with Gasteiger partial charge < -0.3 is 10.6 Å². The van der Waals surface area contributed by atoms with Crippen molar-refractivity contribution in [3.05, 3.63) is 0 Å². The second kappa shape index (κ2) is 12.3. The molecule has 3 atom stereocenters. The number of carbonyl (C=O) groups excluding carboxylic acids is 2. The molecule has 3 fully saturated rings. The predicted octanol–water partition coefficient (Wildman–Crippen LogP) is 5.20. The Hall–Kier alpha value is -1.52. The van der Waals surface area contributed by atoms with Crippen molar-refractivity contribution in [3.63, 3.8) is 0 Å². The average Bonchev–Trinajstić information content (AvgIpc) is 2.83. The summed E-state index contributed by atoms with van der Waals surface area (Å²) in [6, 6.07) is -0.404. The van der Waals surface area contributed by atoms with E-state index in [0.29, 0.717) is 32.4 Å². The molecule has 1 aliphatic heterocycles. The maximum Gasteiger partial charge on any atom is 0.391 e. The molecule has 0 aromatic carbocycles. The number of carbonyl (C=O) groups is 2. The van der Waals surface area contributed by atoms with Gasteiger partial charge in [0.2, 0.25) is 11.8 Å². The normalized spacial score (nSPS) is 28.5. The van der Waals surface area contributed by atoms with Gasteiger partial charge in [-0.2, -0.15) is 26.3 Å². The summed E-state index contributed by atoms with van der Waals surface area (Å²) >= 11 is 0. The van der Waals surface area contributed by atoms with Crippen molar-refractivity contribution in [2.24, 2.45) is 23.7 Å². The van der Waals surface area contributed by atoms with E-state index in [1.54, 1.807) is 6.92 Å². The Balaban J connectivity index is 1.64. The van der Waals surface area contributed by atoms with E-state index in [0.717, 1.165) is 32.1 Å². The van der Waals surface area contributed by atoms with Crippen molar-refractivity contribution in [2.75, 3.05) is 19.6 Å². The van der Waals surface area contributed by atoms with Crippen LogP contribution in [0.1, 0.15) is 77.6 Å². The van der Waals surface area contributed by atoms with Crippen LogP contribution in [0.2, 0.25) is 0 Å². The Bertz CT molecular complexity index is 708. The van der Waals surface area contributed by atoms with E-state index in [1.807, 2.05) is 0 Å². The third-order valence-electron chi connectivity index (χ3n) is 8.27. The molecule has 0 radical (unpaired) electrons. The quantitative estimate of drug-likeness (QED) is 0.448. The van der Waals surface area contributed by atoms with Crippen molar-refractivity contribution in [1.82, 2.24) is 15.5 Å². The molecule has 2 saturated carbocycles. The van der Waals surface area contributed by atoms with Gasteiger partial charge in [-0.3, -0.25) is 14.5 Å². The van der Waals surface area contributed by atoms with Gasteiger partial charge in [0.05, 0.1) is 17.9 Å². The monoisotopic (exact) mass is 527 g/mol. The summed E-state index contributed by atoms with van der Waals surface area (Å²) in [4.78, 5) is 27.2. The van der Waals surface area contributed by atoms with Crippen LogP contribution in [-0.2, 0) is 9.59 Å². The van der Waals surface area contributed by atoms with Crippen LogP contribution in [0.4, 0.5) is 26.3 Å². The Morgan fingerprint density at radius 2 is 1.42 bits per heavy atom. The molecule has 1 heterocycles. The van der Waals surface area contributed by atoms with Gasteiger partial charge in [-0.15, -0.1) is 0 Å². The van der Waals surface area contributed by atoms with E-state index >= 15 is 0 Å². The summed E-state index contributed by atoms with van der Waals surface area (Å²) in [7, 11) is 0. The minimum Gasteiger partial charge on any atom is -0.354 e. The van der Waals surface area contributed by atoms with E-state index in [9.17, 15) is 35.9 Å². The standard InChI is InChI=1S/C25H39F6N3O2/c1-2-21(35)33-20-8-10-34(11-9-20)22(17-6-4-3-5-7-17)23(36)32-15-16-12-18(24(26,27)28)14-19(13-16)25(29,30)31/h16-20,22H,2-15H2,1H3,(H,32,36)(H,33,35). The summed E-state index contributed by atoms with van der Waals surface area (Å²) in [5.41, 5.74) is 0. The average molecular weight is 528 g/mol. The number of nitrogens with one attached hydrogen (secondary N) is 2. The predicted molar refractivity (Wildman–Crippen MR) is 123 cm³/mol. The van der Waals surface area contributed by atoms with Crippen LogP contribution in [0, 0.1) is 23.7 Å². The molecule has 2 aliphatic carbocycles. The smallest absolute Gasteiger partial charge is 0.354 e. The zero-order chi connectivity index (χ0) is 26.5. The number of halogens is 6. The number of alkyl halides is 6. The summed E-state index contributed by atoms with van der Waals surface area (Å²) < 4.78 is 80.0. The topological polar surface area (TPSA) is 61.4 Å². The van der Waals surface area contributed by atoms with Gasteiger partial charge in [0.25, 0.3) is 0 Å². The van der Waals surface area contributed by atoms with Gasteiger partial charge in [0, 0.05) is 32.1 Å². The van der Waals surface area contributed by atoms with Crippen LogP contribution in [0.25, 0.3) is 0 Å². The van der Waals surface area contributed by atoms with Gasteiger partial charge in [0.15, 0.2) is 0 Å². The summed E-state index contributed by atoms with van der Waals surface area (Å²) in [6.45, 7) is 2.83. The molecule has 208 valence electrons. The highest BCUT2D eigenvalue weighted by molar-refractivity contribution is 5.82. The Labute approximate surface area is 209 Å². The Morgan fingerprint density at radius 3 is 1.92 bits per heavy atom. The molecule has 2 N–H and O–H groups in total. The molecule has 11 heteroatoms. The molecule has 2 amide bonds. The fraction of sp³-hybridized carbons (Fsp3) is 0.920. The summed E-state index contributed by atoms with van der Waals surface area (Å²) in [6.07, 6.45) is -4.46. The molecule has 0 spiro atoms. The van der Waals surface area contributed by atoms with Crippen LogP contribution in [0.3, 0.4) is 0 Å². The molecule has 3 aliphatic rings. The van der Waals surface area contributed by atoms with E-state index in [1.165, 1.54) is 0 Å². The molecular weight excluding hydrogens is 488 g/mol. The lowest BCUT2D eigenvalue weighted by Gasteiger charge is -2.42. The molecule has 0 bridgehead atoms. The van der Waals surface area contributed by atoms with Crippen molar-refractivity contribution in [1.29, 1.82) is 0 Å². The van der Waals surface area contributed by atoms with Crippen LogP contribution < -0.4 is 10.6 Å². The van der Waals surface area contributed by atoms with Gasteiger partial charge in [0.1, 0.15) is 0 Å². The molecule has 3 unspecified atom stereocenters. The zero-order valence-electron chi connectivity index (χ0n) is 20.9. The first kappa shape index (κ1) is 29.0. The molecular formula is C25H39F6N3O2. The highest BCUT2D eigenvalue weighted by atomic mass is 19.4. The van der Waals surface area contributed by atoms with Gasteiger partial charge in [-0.05, 0) is 56.8 Å². The second-order valence-corrected chi connectivity index (χ2v) is 10.9. The van der Waals surface area contributed by atoms with Crippen LogP contribution in [-0.4, -0.2) is 60.8 Å². The lowest BCUT2D eigenvalue weighted by molar-refractivity contribution is -0.228. The first-order valence-corrected chi connectivity index (χ1v) is 13.3. The number of rotatable bonds is 7. The van der Waals surface area contributed by atoms with Crippen molar-refractivity contribution in [3.8, 4) is 0 Å². The van der Waals surface area contributed by atoms with Crippen LogP contribution in [0.15, 0.2) is 0 Å².